The standard InChI is InChI=1S/C13H25N3O3/c1-10(2)8-11(13(18)19)15-12(17)9-16-6-3-4-14-5-7-16/h10-11,14H,3-9H2,1-2H3,(H,15,17)(H,18,19)/t11-/m0/s1. The number of aliphatic carboxylic acids is 1. The van der Waals surface area contributed by atoms with Crippen LogP contribution in [0.15, 0.2) is 0 Å². The highest BCUT2D eigenvalue weighted by Crippen LogP contribution is 2.05. The number of nitrogens with zero attached hydrogens (tertiary/aromatic N) is 1. The minimum atomic E-state index is -0.959. The van der Waals surface area contributed by atoms with Crippen LogP contribution in [-0.4, -0.2) is 60.6 Å². The van der Waals surface area contributed by atoms with E-state index in [0.717, 1.165) is 32.6 Å². The lowest BCUT2D eigenvalue weighted by Crippen LogP contribution is -2.46. The van der Waals surface area contributed by atoms with E-state index in [1.165, 1.54) is 0 Å². The van der Waals surface area contributed by atoms with Gasteiger partial charge in [0.15, 0.2) is 0 Å². The van der Waals surface area contributed by atoms with Crippen molar-refractivity contribution in [2.45, 2.75) is 32.7 Å². The van der Waals surface area contributed by atoms with E-state index in [1.807, 2.05) is 13.8 Å². The molecule has 1 aliphatic heterocycles. The first-order chi connectivity index (χ1) is 8.99. The molecule has 1 aliphatic rings. The van der Waals surface area contributed by atoms with E-state index in [-0.39, 0.29) is 18.4 Å². The first kappa shape index (κ1) is 15.9. The molecule has 6 nitrogen and oxygen atoms in total. The van der Waals surface area contributed by atoms with E-state index >= 15 is 0 Å². The van der Waals surface area contributed by atoms with Gasteiger partial charge in [-0.3, -0.25) is 9.69 Å². The van der Waals surface area contributed by atoms with Gasteiger partial charge >= 0.3 is 5.97 Å². The number of carbonyl (C=O) groups is 2. The lowest BCUT2D eigenvalue weighted by atomic mass is 10.0. The average molecular weight is 271 g/mol. The largest absolute Gasteiger partial charge is 0.480 e. The van der Waals surface area contributed by atoms with Gasteiger partial charge in [0.1, 0.15) is 6.04 Å². The Hall–Kier alpha value is -1.14. The first-order valence-corrected chi connectivity index (χ1v) is 6.94. The Kier molecular flexibility index (Phi) is 6.80. The van der Waals surface area contributed by atoms with Crippen LogP contribution in [0.1, 0.15) is 26.7 Å². The summed E-state index contributed by atoms with van der Waals surface area (Å²) in [6.07, 6.45) is 1.48. The third-order valence-electron chi connectivity index (χ3n) is 3.14. The van der Waals surface area contributed by atoms with Crippen LogP contribution in [0.25, 0.3) is 0 Å². The zero-order chi connectivity index (χ0) is 14.3. The summed E-state index contributed by atoms with van der Waals surface area (Å²) in [5, 5.41) is 15.0. The molecule has 0 aliphatic carbocycles. The maximum absolute atomic E-state index is 11.9. The summed E-state index contributed by atoms with van der Waals surface area (Å²) in [5.41, 5.74) is 0. The molecule has 0 unspecified atom stereocenters. The van der Waals surface area contributed by atoms with E-state index in [0.29, 0.717) is 6.42 Å². The molecule has 0 spiro atoms. The fourth-order valence-electron chi connectivity index (χ4n) is 2.20. The summed E-state index contributed by atoms with van der Waals surface area (Å²) in [6, 6.07) is -0.780. The predicted molar refractivity (Wildman–Crippen MR) is 72.9 cm³/mol. The molecule has 0 aromatic rings. The maximum atomic E-state index is 11.9. The summed E-state index contributed by atoms with van der Waals surface area (Å²) in [6.45, 7) is 7.73. The number of nitrogens with one attached hydrogen (secondary N) is 2. The van der Waals surface area contributed by atoms with Gasteiger partial charge in [-0.05, 0) is 31.8 Å². The van der Waals surface area contributed by atoms with Crippen molar-refractivity contribution >= 4 is 11.9 Å². The summed E-state index contributed by atoms with van der Waals surface area (Å²) in [4.78, 5) is 25.0. The summed E-state index contributed by atoms with van der Waals surface area (Å²) < 4.78 is 0. The second-order valence-electron chi connectivity index (χ2n) is 5.47. The molecular formula is C13H25N3O3. The van der Waals surface area contributed by atoms with E-state index in [4.69, 9.17) is 5.11 Å². The molecule has 1 rings (SSSR count). The fraction of sp³-hybridized carbons (Fsp3) is 0.846. The second-order valence-corrected chi connectivity index (χ2v) is 5.47. The van der Waals surface area contributed by atoms with Gasteiger partial charge in [0.05, 0.1) is 6.54 Å². The van der Waals surface area contributed by atoms with Crippen LogP contribution in [0.5, 0.6) is 0 Å². The Bertz CT molecular complexity index is 300. The monoisotopic (exact) mass is 271 g/mol. The van der Waals surface area contributed by atoms with Crippen LogP contribution in [0.4, 0.5) is 0 Å². The molecule has 1 saturated heterocycles. The molecule has 110 valence electrons. The van der Waals surface area contributed by atoms with Gasteiger partial charge in [-0.15, -0.1) is 0 Å². The van der Waals surface area contributed by atoms with Gasteiger partial charge < -0.3 is 15.7 Å². The second kappa shape index (κ2) is 8.12. The molecular weight excluding hydrogens is 246 g/mol. The lowest BCUT2D eigenvalue weighted by Gasteiger charge is -2.21. The maximum Gasteiger partial charge on any atom is 0.326 e. The molecule has 0 bridgehead atoms. The molecule has 1 atom stereocenters. The normalized spacial score (nSPS) is 18.9. The summed E-state index contributed by atoms with van der Waals surface area (Å²) in [5.74, 6) is -0.918. The van der Waals surface area contributed by atoms with Crippen LogP contribution in [0, 0.1) is 5.92 Å². The van der Waals surface area contributed by atoms with Gasteiger partial charge in [0.2, 0.25) is 5.91 Å². The van der Waals surface area contributed by atoms with Crippen molar-refractivity contribution in [2.24, 2.45) is 5.92 Å². The van der Waals surface area contributed by atoms with Crippen molar-refractivity contribution in [3.63, 3.8) is 0 Å². The predicted octanol–water partition coefficient (Wildman–Crippen LogP) is -0.103. The SMILES string of the molecule is CC(C)C[C@H](NC(=O)CN1CCCNCC1)C(=O)O. The van der Waals surface area contributed by atoms with E-state index < -0.39 is 12.0 Å². The molecule has 0 saturated carbocycles. The molecule has 1 fully saturated rings. The zero-order valence-corrected chi connectivity index (χ0v) is 11.8. The Morgan fingerprint density at radius 3 is 2.68 bits per heavy atom. The molecule has 0 radical (unpaired) electrons. The van der Waals surface area contributed by atoms with Crippen LogP contribution >= 0.6 is 0 Å². The minimum Gasteiger partial charge on any atom is -0.480 e. The Balaban J connectivity index is 2.40. The number of carboxylic acid groups (broad SMARTS) is 1. The van der Waals surface area contributed by atoms with Crippen molar-refractivity contribution in [1.82, 2.24) is 15.5 Å². The van der Waals surface area contributed by atoms with E-state index in [9.17, 15) is 9.59 Å². The molecule has 1 amide bonds. The highest BCUT2D eigenvalue weighted by molar-refractivity contribution is 5.84. The van der Waals surface area contributed by atoms with Crippen molar-refractivity contribution in [1.29, 1.82) is 0 Å². The Labute approximate surface area is 114 Å². The van der Waals surface area contributed by atoms with Gasteiger partial charge in [0.25, 0.3) is 0 Å². The van der Waals surface area contributed by atoms with E-state index in [1.54, 1.807) is 0 Å². The van der Waals surface area contributed by atoms with Gasteiger partial charge in [0, 0.05) is 13.1 Å². The molecule has 19 heavy (non-hydrogen) atoms. The van der Waals surface area contributed by atoms with Crippen molar-refractivity contribution in [3.8, 4) is 0 Å². The quantitative estimate of drug-likeness (QED) is 0.628. The zero-order valence-electron chi connectivity index (χ0n) is 11.8. The van der Waals surface area contributed by atoms with Gasteiger partial charge in [-0.2, -0.15) is 0 Å². The molecule has 3 N–H and O–H groups in total. The van der Waals surface area contributed by atoms with Crippen molar-refractivity contribution in [2.75, 3.05) is 32.7 Å². The van der Waals surface area contributed by atoms with Gasteiger partial charge in [-0.25, -0.2) is 4.79 Å². The van der Waals surface area contributed by atoms with E-state index in [2.05, 4.69) is 15.5 Å². The molecule has 1 heterocycles. The highest BCUT2D eigenvalue weighted by Gasteiger charge is 2.22. The summed E-state index contributed by atoms with van der Waals surface area (Å²) in [7, 11) is 0. The lowest BCUT2D eigenvalue weighted by molar-refractivity contribution is -0.142. The van der Waals surface area contributed by atoms with Crippen LogP contribution in [-0.2, 0) is 9.59 Å². The fourth-order valence-corrected chi connectivity index (χ4v) is 2.20. The molecule has 0 aromatic heterocycles. The number of amides is 1. The number of carboxylic acids is 1. The van der Waals surface area contributed by atoms with Crippen molar-refractivity contribution < 1.29 is 14.7 Å². The van der Waals surface area contributed by atoms with Crippen LogP contribution in [0.3, 0.4) is 0 Å². The topological polar surface area (TPSA) is 81.7 Å². The van der Waals surface area contributed by atoms with Gasteiger partial charge in [-0.1, -0.05) is 13.8 Å². The van der Waals surface area contributed by atoms with Crippen molar-refractivity contribution in [3.05, 3.63) is 0 Å². The number of hydrogen-bond donors (Lipinski definition) is 3. The molecule has 6 heteroatoms. The smallest absolute Gasteiger partial charge is 0.326 e. The third kappa shape index (κ3) is 6.54. The third-order valence-corrected chi connectivity index (χ3v) is 3.14. The molecule has 0 aromatic carbocycles. The van der Waals surface area contributed by atoms with Crippen LogP contribution < -0.4 is 10.6 Å². The highest BCUT2D eigenvalue weighted by atomic mass is 16.4. The first-order valence-electron chi connectivity index (χ1n) is 6.94. The Morgan fingerprint density at radius 1 is 1.32 bits per heavy atom. The number of carbonyl (C=O) groups excluding carboxylic acids is 1. The number of rotatable bonds is 6. The minimum absolute atomic E-state index is 0.199. The average Bonchev–Trinajstić information content (AvgIpc) is 2.56. The summed E-state index contributed by atoms with van der Waals surface area (Å²) >= 11 is 0. The number of hydrogen-bond acceptors (Lipinski definition) is 4. The Morgan fingerprint density at radius 2 is 2.05 bits per heavy atom. The van der Waals surface area contributed by atoms with Crippen LogP contribution in [0.2, 0.25) is 0 Å².